The summed E-state index contributed by atoms with van der Waals surface area (Å²) in [6, 6.07) is 11.7. The van der Waals surface area contributed by atoms with Gasteiger partial charge >= 0.3 is 0 Å². The number of hydrogen-bond donors (Lipinski definition) is 2. The number of para-hydroxylation sites is 1. The highest BCUT2D eigenvalue weighted by atomic mass is 16.1. The van der Waals surface area contributed by atoms with Crippen LogP contribution in [0.15, 0.2) is 48.8 Å². The maximum Gasteiger partial charge on any atom is 0.221 e. The Morgan fingerprint density at radius 1 is 1.18 bits per heavy atom. The van der Waals surface area contributed by atoms with Crippen LogP contribution in [-0.2, 0) is 11.3 Å². The van der Waals surface area contributed by atoms with Gasteiger partial charge in [0.2, 0.25) is 5.91 Å². The predicted octanol–water partition coefficient (Wildman–Crippen LogP) is 2.19. The van der Waals surface area contributed by atoms with Crippen LogP contribution in [0.4, 0.5) is 5.69 Å². The summed E-state index contributed by atoms with van der Waals surface area (Å²) < 4.78 is 1.88. The first-order valence-corrected chi connectivity index (χ1v) is 5.48. The highest BCUT2D eigenvalue weighted by molar-refractivity contribution is 5.89. The van der Waals surface area contributed by atoms with Crippen molar-refractivity contribution in [2.45, 2.75) is 13.5 Å². The van der Waals surface area contributed by atoms with E-state index in [9.17, 15) is 4.79 Å². The van der Waals surface area contributed by atoms with E-state index in [0.29, 0.717) is 6.54 Å². The molecular weight excluding hydrogens is 214 g/mol. The summed E-state index contributed by atoms with van der Waals surface area (Å²) in [6.45, 7) is 2.17. The normalized spacial score (nSPS) is 9.94. The van der Waals surface area contributed by atoms with Crippen LogP contribution >= 0.6 is 0 Å². The second-order valence-electron chi connectivity index (χ2n) is 3.76. The van der Waals surface area contributed by atoms with Gasteiger partial charge < -0.3 is 10.7 Å². The zero-order valence-electron chi connectivity index (χ0n) is 9.68. The first kappa shape index (κ1) is 11.3. The van der Waals surface area contributed by atoms with Gasteiger partial charge in [0.25, 0.3) is 0 Å². The zero-order chi connectivity index (χ0) is 12.1. The second kappa shape index (κ2) is 5.21. The molecule has 17 heavy (non-hydrogen) atoms. The van der Waals surface area contributed by atoms with E-state index < -0.39 is 0 Å². The van der Waals surface area contributed by atoms with E-state index in [1.165, 1.54) is 6.92 Å². The monoisotopic (exact) mass is 229 g/mol. The third-order valence-corrected chi connectivity index (χ3v) is 2.38. The Balaban J connectivity index is 2.06. The number of hydrogen-bond acceptors (Lipinski definition) is 2. The van der Waals surface area contributed by atoms with Crippen molar-refractivity contribution in [2.24, 2.45) is 0 Å². The standard InChI is InChI=1S/C13H15N3O/c1-11(17)15-13-7-3-2-6-12(13)10-14-16-8-4-5-9-16/h2-9,14H,10H2,1H3,(H,15,17). The molecule has 88 valence electrons. The van der Waals surface area contributed by atoms with Crippen LogP contribution in [0.5, 0.6) is 0 Å². The smallest absolute Gasteiger partial charge is 0.221 e. The van der Waals surface area contributed by atoms with Gasteiger partial charge in [0.15, 0.2) is 0 Å². The fourth-order valence-electron chi connectivity index (χ4n) is 1.60. The second-order valence-corrected chi connectivity index (χ2v) is 3.76. The van der Waals surface area contributed by atoms with E-state index in [4.69, 9.17) is 0 Å². The molecule has 1 amide bonds. The number of benzene rings is 1. The molecule has 0 unspecified atom stereocenters. The van der Waals surface area contributed by atoms with E-state index in [2.05, 4.69) is 10.7 Å². The highest BCUT2D eigenvalue weighted by Crippen LogP contribution is 2.14. The van der Waals surface area contributed by atoms with Crippen LogP contribution in [0.25, 0.3) is 0 Å². The molecule has 0 saturated heterocycles. The Morgan fingerprint density at radius 2 is 1.88 bits per heavy atom. The number of carbonyl (C=O) groups is 1. The molecule has 2 rings (SSSR count). The zero-order valence-corrected chi connectivity index (χ0v) is 9.68. The molecule has 1 heterocycles. The third-order valence-electron chi connectivity index (χ3n) is 2.38. The fraction of sp³-hybridized carbons (Fsp3) is 0.154. The Hall–Kier alpha value is -2.23. The fourth-order valence-corrected chi connectivity index (χ4v) is 1.60. The molecule has 0 fully saturated rings. The number of rotatable bonds is 4. The highest BCUT2D eigenvalue weighted by Gasteiger charge is 2.02. The number of nitrogens with one attached hydrogen (secondary N) is 2. The van der Waals surface area contributed by atoms with Crippen molar-refractivity contribution < 1.29 is 4.79 Å². The Labute approximate surface area is 100 Å². The molecule has 0 atom stereocenters. The molecule has 1 aromatic heterocycles. The van der Waals surface area contributed by atoms with Crippen LogP contribution in [0.1, 0.15) is 12.5 Å². The summed E-state index contributed by atoms with van der Waals surface area (Å²) in [4.78, 5) is 11.1. The van der Waals surface area contributed by atoms with Crippen LogP contribution in [0, 0.1) is 0 Å². The lowest BCUT2D eigenvalue weighted by atomic mass is 10.2. The first-order chi connectivity index (χ1) is 8.25. The molecule has 2 aromatic rings. The van der Waals surface area contributed by atoms with Gasteiger partial charge in [0, 0.05) is 25.0 Å². The topological polar surface area (TPSA) is 46.1 Å². The molecule has 4 nitrogen and oxygen atoms in total. The van der Waals surface area contributed by atoms with E-state index in [-0.39, 0.29) is 5.91 Å². The van der Waals surface area contributed by atoms with Crippen molar-refractivity contribution in [3.05, 3.63) is 54.4 Å². The lowest BCUT2D eigenvalue weighted by Crippen LogP contribution is -2.14. The third kappa shape index (κ3) is 3.11. The minimum atomic E-state index is -0.0570. The van der Waals surface area contributed by atoms with E-state index in [1.54, 1.807) is 0 Å². The quantitative estimate of drug-likeness (QED) is 0.844. The molecule has 0 radical (unpaired) electrons. The van der Waals surface area contributed by atoms with Gasteiger partial charge in [0.1, 0.15) is 0 Å². The van der Waals surface area contributed by atoms with E-state index >= 15 is 0 Å². The van der Waals surface area contributed by atoms with Crippen molar-refractivity contribution in [1.29, 1.82) is 0 Å². The Bertz CT molecular complexity index is 491. The summed E-state index contributed by atoms with van der Waals surface area (Å²) >= 11 is 0. The Morgan fingerprint density at radius 3 is 2.59 bits per heavy atom. The number of aromatic nitrogens is 1. The lowest BCUT2D eigenvalue weighted by Gasteiger charge is -2.12. The van der Waals surface area contributed by atoms with Crippen molar-refractivity contribution in [3.63, 3.8) is 0 Å². The average molecular weight is 229 g/mol. The molecule has 1 aromatic carbocycles. The number of amides is 1. The minimum absolute atomic E-state index is 0.0570. The molecule has 0 aliphatic heterocycles. The van der Waals surface area contributed by atoms with E-state index in [0.717, 1.165) is 11.3 Å². The average Bonchev–Trinajstić information content (AvgIpc) is 2.80. The molecular formula is C13H15N3O. The number of carbonyl (C=O) groups excluding carboxylic acids is 1. The molecule has 0 aliphatic carbocycles. The molecule has 4 heteroatoms. The van der Waals surface area contributed by atoms with Crippen LogP contribution in [0.2, 0.25) is 0 Å². The minimum Gasteiger partial charge on any atom is -0.326 e. The van der Waals surface area contributed by atoms with Crippen LogP contribution < -0.4 is 10.7 Å². The van der Waals surface area contributed by atoms with Crippen molar-refractivity contribution in [1.82, 2.24) is 4.68 Å². The van der Waals surface area contributed by atoms with Gasteiger partial charge in [0.05, 0.1) is 6.54 Å². The maximum atomic E-state index is 11.1. The lowest BCUT2D eigenvalue weighted by molar-refractivity contribution is -0.114. The predicted molar refractivity (Wildman–Crippen MR) is 68.2 cm³/mol. The molecule has 0 spiro atoms. The first-order valence-electron chi connectivity index (χ1n) is 5.48. The van der Waals surface area contributed by atoms with Crippen LogP contribution in [0.3, 0.4) is 0 Å². The molecule has 0 aliphatic rings. The maximum absolute atomic E-state index is 11.1. The molecule has 0 saturated carbocycles. The van der Waals surface area contributed by atoms with Gasteiger partial charge in [-0.05, 0) is 23.8 Å². The largest absolute Gasteiger partial charge is 0.326 e. The van der Waals surface area contributed by atoms with Crippen molar-refractivity contribution in [2.75, 3.05) is 10.7 Å². The van der Waals surface area contributed by atoms with E-state index in [1.807, 2.05) is 53.5 Å². The van der Waals surface area contributed by atoms with Gasteiger partial charge in [-0.1, -0.05) is 18.2 Å². The van der Waals surface area contributed by atoms with Gasteiger partial charge in [-0.15, -0.1) is 0 Å². The number of anilines is 1. The molecule has 2 N–H and O–H groups in total. The van der Waals surface area contributed by atoms with Crippen molar-refractivity contribution >= 4 is 11.6 Å². The summed E-state index contributed by atoms with van der Waals surface area (Å²) in [5.74, 6) is -0.0570. The number of nitrogens with zero attached hydrogens (tertiary/aromatic N) is 1. The van der Waals surface area contributed by atoms with Gasteiger partial charge in [-0.3, -0.25) is 9.47 Å². The van der Waals surface area contributed by atoms with Gasteiger partial charge in [-0.2, -0.15) is 0 Å². The summed E-state index contributed by atoms with van der Waals surface area (Å²) in [6.07, 6.45) is 3.86. The van der Waals surface area contributed by atoms with Crippen LogP contribution in [-0.4, -0.2) is 10.6 Å². The Kier molecular flexibility index (Phi) is 3.45. The summed E-state index contributed by atoms with van der Waals surface area (Å²) in [7, 11) is 0. The SMILES string of the molecule is CC(=O)Nc1ccccc1CNn1cccc1. The van der Waals surface area contributed by atoms with Crippen molar-refractivity contribution in [3.8, 4) is 0 Å². The summed E-state index contributed by atoms with van der Waals surface area (Å²) in [5, 5.41) is 2.82. The molecule has 0 bridgehead atoms. The summed E-state index contributed by atoms with van der Waals surface area (Å²) in [5.41, 5.74) is 5.12. The van der Waals surface area contributed by atoms with Gasteiger partial charge in [-0.25, -0.2) is 0 Å².